The third kappa shape index (κ3) is 4.09. The summed E-state index contributed by atoms with van der Waals surface area (Å²) in [6, 6.07) is 0. The number of nitrogens with zero attached hydrogens (tertiary/aromatic N) is 1. The largest absolute Gasteiger partial charge is 0.479 e. The lowest BCUT2D eigenvalue weighted by Crippen LogP contribution is -2.42. The number of likely N-dealkylation sites (tertiary alicyclic amines) is 1. The van der Waals surface area contributed by atoms with Gasteiger partial charge in [0.25, 0.3) is 0 Å². The van der Waals surface area contributed by atoms with Crippen LogP contribution >= 0.6 is 0 Å². The van der Waals surface area contributed by atoms with Crippen molar-refractivity contribution < 1.29 is 24.2 Å². The van der Waals surface area contributed by atoms with Crippen molar-refractivity contribution in [3.05, 3.63) is 0 Å². The first-order valence-corrected chi connectivity index (χ1v) is 6.47. The van der Waals surface area contributed by atoms with Crippen LogP contribution in [0.4, 0.5) is 4.79 Å². The predicted octanol–water partition coefficient (Wildman–Crippen LogP) is 1.88. The lowest BCUT2D eigenvalue weighted by molar-refractivity contribution is -0.163. The molecular weight excluding hydrogens is 250 g/mol. The Balaban J connectivity index is 2.69. The topological polar surface area (TPSA) is 76.1 Å². The van der Waals surface area contributed by atoms with E-state index in [1.54, 1.807) is 25.7 Å². The fraction of sp³-hybridized carbons (Fsp3) is 0.846. The summed E-state index contributed by atoms with van der Waals surface area (Å²) in [6.07, 6.45) is 0.861. The molecule has 1 aliphatic heterocycles. The molecule has 0 aromatic heterocycles. The van der Waals surface area contributed by atoms with Crippen LogP contribution in [-0.2, 0) is 14.3 Å². The van der Waals surface area contributed by atoms with Crippen molar-refractivity contribution >= 4 is 12.1 Å². The Labute approximate surface area is 113 Å². The van der Waals surface area contributed by atoms with Crippen molar-refractivity contribution in [2.45, 2.75) is 51.2 Å². The monoisotopic (exact) mass is 273 g/mol. The number of carboxylic acid groups (broad SMARTS) is 1. The zero-order valence-electron chi connectivity index (χ0n) is 12.1. The van der Waals surface area contributed by atoms with E-state index in [4.69, 9.17) is 9.47 Å². The van der Waals surface area contributed by atoms with Crippen molar-refractivity contribution in [3.8, 4) is 0 Å². The van der Waals surface area contributed by atoms with Crippen molar-refractivity contribution in [2.24, 2.45) is 0 Å². The highest BCUT2D eigenvalue weighted by atomic mass is 16.6. The number of carbonyl (C=O) groups is 2. The molecule has 0 radical (unpaired) electrons. The van der Waals surface area contributed by atoms with E-state index in [-0.39, 0.29) is 6.42 Å². The molecule has 1 aliphatic rings. The standard InChI is InChI=1S/C13H23NO5/c1-12(2,3)19-11(17)14-8-5-6-13(18-4,7-9-14)10(15)16/h5-9H2,1-4H3,(H,15,16). The van der Waals surface area contributed by atoms with Crippen molar-refractivity contribution in [3.63, 3.8) is 0 Å². The molecule has 1 N–H and O–H groups in total. The minimum Gasteiger partial charge on any atom is -0.479 e. The molecule has 0 aliphatic carbocycles. The fourth-order valence-corrected chi connectivity index (χ4v) is 2.12. The number of ether oxygens (including phenoxy) is 2. The Bertz CT molecular complexity index is 349. The number of methoxy groups -OCH3 is 1. The molecule has 1 unspecified atom stereocenters. The van der Waals surface area contributed by atoms with Crippen molar-refractivity contribution in [1.29, 1.82) is 0 Å². The van der Waals surface area contributed by atoms with Gasteiger partial charge in [0, 0.05) is 26.6 Å². The summed E-state index contributed by atoms with van der Waals surface area (Å²) in [5, 5.41) is 9.27. The van der Waals surface area contributed by atoms with E-state index in [0.717, 1.165) is 0 Å². The molecule has 1 fully saturated rings. The SMILES string of the molecule is COC1(C(=O)O)CCCN(C(=O)OC(C)(C)C)CC1. The van der Waals surface area contributed by atoms with Gasteiger partial charge in [-0.05, 0) is 33.6 Å². The smallest absolute Gasteiger partial charge is 0.410 e. The van der Waals surface area contributed by atoms with Gasteiger partial charge in [0.1, 0.15) is 5.60 Å². The number of amides is 1. The Morgan fingerprint density at radius 1 is 1.21 bits per heavy atom. The molecule has 1 saturated heterocycles. The summed E-state index contributed by atoms with van der Waals surface area (Å²) in [5.74, 6) is -0.971. The Hall–Kier alpha value is -1.30. The maximum absolute atomic E-state index is 12.0. The first-order chi connectivity index (χ1) is 8.70. The van der Waals surface area contributed by atoms with E-state index in [0.29, 0.717) is 25.9 Å². The number of carboxylic acids is 1. The molecule has 6 nitrogen and oxygen atoms in total. The van der Waals surface area contributed by atoms with Gasteiger partial charge in [0.05, 0.1) is 0 Å². The van der Waals surface area contributed by atoms with Gasteiger partial charge in [-0.3, -0.25) is 0 Å². The van der Waals surface area contributed by atoms with Crippen LogP contribution in [0, 0.1) is 0 Å². The molecule has 110 valence electrons. The number of aliphatic carboxylic acids is 1. The average molecular weight is 273 g/mol. The molecule has 1 rings (SSSR count). The lowest BCUT2D eigenvalue weighted by Gasteiger charge is -2.28. The van der Waals surface area contributed by atoms with Crippen LogP contribution in [0.2, 0.25) is 0 Å². The third-order valence-electron chi connectivity index (χ3n) is 3.23. The molecule has 0 aromatic carbocycles. The maximum atomic E-state index is 12.0. The molecule has 1 heterocycles. The van der Waals surface area contributed by atoms with Crippen LogP contribution in [0.5, 0.6) is 0 Å². The van der Waals surface area contributed by atoms with Crippen LogP contribution in [-0.4, -0.2) is 53.5 Å². The van der Waals surface area contributed by atoms with E-state index in [2.05, 4.69) is 0 Å². The first kappa shape index (κ1) is 15.8. The van der Waals surface area contributed by atoms with Gasteiger partial charge in [-0.15, -0.1) is 0 Å². The fourth-order valence-electron chi connectivity index (χ4n) is 2.12. The Kier molecular flexibility index (Phi) is 4.79. The van der Waals surface area contributed by atoms with Crippen LogP contribution < -0.4 is 0 Å². The normalized spacial score (nSPS) is 24.7. The highest BCUT2D eigenvalue weighted by Gasteiger charge is 2.41. The molecule has 6 heteroatoms. The van der Waals surface area contributed by atoms with Gasteiger partial charge < -0.3 is 19.5 Å². The molecule has 0 aromatic rings. The quantitative estimate of drug-likeness (QED) is 0.831. The van der Waals surface area contributed by atoms with E-state index < -0.39 is 23.3 Å². The first-order valence-electron chi connectivity index (χ1n) is 6.47. The number of hydrogen-bond donors (Lipinski definition) is 1. The second-order valence-corrected chi connectivity index (χ2v) is 5.82. The molecule has 19 heavy (non-hydrogen) atoms. The van der Waals surface area contributed by atoms with Gasteiger partial charge in [0.15, 0.2) is 5.60 Å². The van der Waals surface area contributed by atoms with Crippen LogP contribution in [0.25, 0.3) is 0 Å². The highest BCUT2D eigenvalue weighted by molar-refractivity contribution is 5.77. The van der Waals surface area contributed by atoms with E-state index in [9.17, 15) is 14.7 Å². The van der Waals surface area contributed by atoms with E-state index in [1.807, 2.05) is 0 Å². The highest BCUT2D eigenvalue weighted by Crippen LogP contribution is 2.27. The Morgan fingerprint density at radius 3 is 2.32 bits per heavy atom. The van der Waals surface area contributed by atoms with Crippen LogP contribution in [0.15, 0.2) is 0 Å². The molecule has 0 bridgehead atoms. The molecule has 0 spiro atoms. The summed E-state index contributed by atoms with van der Waals surface area (Å²) in [7, 11) is 1.40. The average Bonchev–Trinajstić information content (AvgIpc) is 2.49. The van der Waals surface area contributed by atoms with Crippen LogP contribution in [0.1, 0.15) is 40.0 Å². The summed E-state index contributed by atoms with van der Waals surface area (Å²) in [5.41, 5.74) is -1.73. The number of rotatable bonds is 2. The van der Waals surface area contributed by atoms with E-state index in [1.165, 1.54) is 7.11 Å². The molecule has 1 amide bonds. The van der Waals surface area contributed by atoms with Gasteiger partial charge in [-0.1, -0.05) is 0 Å². The Morgan fingerprint density at radius 2 is 1.84 bits per heavy atom. The lowest BCUT2D eigenvalue weighted by atomic mass is 9.95. The predicted molar refractivity (Wildman–Crippen MR) is 69.0 cm³/mol. The molecular formula is C13H23NO5. The summed E-state index contributed by atoms with van der Waals surface area (Å²) in [4.78, 5) is 24.8. The molecule has 0 saturated carbocycles. The summed E-state index contributed by atoms with van der Waals surface area (Å²) >= 11 is 0. The zero-order valence-corrected chi connectivity index (χ0v) is 12.1. The minimum atomic E-state index is -1.18. The summed E-state index contributed by atoms with van der Waals surface area (Å²) in [6.45, 7) is 6.24. The summed E-state index contributed by atoms with van der Waals surface area (Å²) < 4.78 is 10.5. The maximum Gasteiger partial charge on any atom is 0.410 e. The van der Waals surface area contributed by atoms with Gasteiger partial charge in [0.2, 0.25) is 0 Å². The number of carbonyl (C=O) groups excluding carboxylic acids is 1. The van der Waals surface area contributed by atoms with Crippen molar-refractivity contribution in [2.75, 3.05) is 20.2 Å². The second kappa shape index (κ2) is 5.77. The van der Waals surface area contributed by atoms with E-state index >= 15 is 0 Å². The third-order valence-corrected chi connectivity index (χ3v) is 3.23. The van der Waals surface area contributed by atoms with Gasteiger partial charge in [-0.2, -0.15) is 0 Å². The van der Waals surface area contributed by atoms with Crippen molar-refractivity contribution in [1.82, 2.24) is 4.90 Å². The van der Waals surface area contributed by atoms with Gasteiger partial charge in [-0.25, -0.2) is 9.59 Å². The zero-order chi connectivity index (χ0) is 14.7. The molecule has 1 atom stereocenters. The number of hydrogen-bond acceptors (Lipinski definition) is 4. The van der Waals surface area contributed by atoms with Crippen LogP contribution in [0.3, 0.4) is 0 Å². The minimum absolute atomic E-state index is 0.276. The van der Waals surface area contributed by atoms with Gasteiger partial charge >= 0.3 is 12.1 Å². The second-order valence-electron chi connectivity index (χ2n) is 5.82.